The van der Waals surface area contributed by atoms with E-state index in [0.717, 1.165) is 16.0 Å². The fourth-order valence-corrected chi connectivity index (χ4v) is 2.20. The van der Waals surface area contributed by atoms with Gasteiger partial charge in [0.1, 0.15) is 0 Å². The molecule has 2 rings (SSSR count). The summed E-state index contributed by atoms with van der Waals surface area (Å²) in [5.41, 5.74) is 1.09. The normalized spacial score (nSPS) is 15.0. The predicted molar refractivity (Wildman–Crippen MR) is 80.1 cm³/mol. The fraction of sp³-hybridized carbons (Fsp3) is 0.438. The number of urea groups is 1. The number of hydrogen-bond donors (Lipinski definition) is 2. The number of rotatable bonds is 5. The molecule has 6 heteroatoms. The molecule has 1 aromatic carbocycles. The van der Waals surface area contributed by atoms with E-state index in [1.54, 1.807) is 0 Å². The molecular formula is C16H20N2O4. The minimum Gasteiger partial charge on any atom is -0.481 e. The van der Waals surface area contributed by atoms with Gasteiger partial charge in [-0.15, -0.1) is 0 Å². The molecule has 6 nitrogen and oxygen atoms in total. The lowest BCUT2D eigenvalue weighted by Crippen LogP contribution is -2.46. The van der Waals surface area contributed by atoms with Crippen molar-refractivity contribution in [2.75, 3.05) is 6.54 Å². The van der Waals surface area contributed by atoms with Crippen molar-refractivity contribution >= 4 is 17.9 Å². The van der Waals surface area contributed by atoms with Crippen LogP contribution in [0.4, 0.5) is 4.79 Å². The predicted octanol–water partition coefficient (Wildman–Crippen LogP) is 1.92. The minimum atomic E-state index is -0.954. The Morgan fingerprint density at radius 2 is 1.82 bits per heavy atom. The molecule has 0 radical (unpaired) electrons. The van der Waals surface area contributed by atoms with E-state index in [1.165, 1.54) is 6.92 Å². The highest BCUT2D eigenvalue weighted by Crippen LogP contribution is 2.46. The number of nitrogens with zero attached hydrogens (tertiary/aromatic N) is 1. The zero-order valence-corrected chi connectivity index (χ0v) is 12.8. The summed E-state index contributed by atoms with van der Waals surface area (Å²) >= 11 is 0. The molecule has 0 unspecified atom stereocenters. The Kier molecular flexibility index (Phi) is 4.49. The lowest BCUT2D eigenvalue weighted by atomic mass is 10.1. The van der Waals surface area contributed by atoms with Crippen LogP contribution >= 0.6 is 0 Å². The summed E-state index contributed by atoms with van der Waals surface area (Å²) in [5, 5.41) is 11.8. The zero-order valence-electron chi connectivity index (χ0n) is 12.8. The molecule has 0 aromatic heterocycles. The Labute approximate surface area is 129 Å². The van der Waals surface area contributed by atoms with E-state index in [9.17, 15) is 19.5 Å². The molecule has 2 N–H and O–H groups in total. The minimum absolute atomic E-state index is 0.0720. The van der Waals surface area contributed by atoms with E-state index < -0.39 is 23.3 Å². The van der Waals surface area contributed by atoms with Gasteiger partial charge in [0, 0.05) is 20.0 Å². The van der Waals surface area contributed by atoms with E-state index in [2.05, 4.69) is 5.32 Å². The van der Waals surface area contributed by atoms with Crippen LogP contribution in [0.1, 0.15) is 30.9 Å². The van der Waals surface area contributed by atoms with Gasteiger partial charge in [-0.1, -0.05) is 29.8 Å². The van der Waals surface area contributed by atoms with Crippen LogP contribution in [0.2, 0.25) is 0 Å². The molecule has 0 atom stereocenters. The number of imide groups is 1. The average molecular weight is 304 g/mol. The molecule has 22 heavy (non-hydrogen) atoms. The smallest absolute Gasteiger partial charge is 0.324 e. The number of aryl methyl sites for hydroxylation is 1. The highest BCUT2D eigenvalue weighted by Gasteiger charge is 2.52. The third kappa shape index (κ3) is 3.63. The number of carboxylic acid groups (broad SMARTS) is 1. The standard InChI is InChI=1S/C16H20N2O4/c1-11-3-5-13(6-4-11)9-17-15(22)18(12(2)19)10-16(7-8-16)14(20)21/h3-6H,7-10H2,1-2H3,(H,17,22)(H,20,21). The maximum Gasteiger partial charge on any atom is 0.324 e. The number of nitrogens with one attached hydrogen (secondary N) is 1. The van der Waals surface area contributed by atoms with Crippen molar-refractivity contribution in [3.8, 4) is 0 Å². The number of amides is 3. The van der Waals surface area contributed by atoms with Gasteiger partial charge < -0.3 is 10.4 Å². The zero-order chi connectivity index (χ0) is 16.3. The van der Waals surface area contributed by atoms with Gasteiger partial charge in [-0.05, 0) is 25.3 Å². The number of hydrogen-bond acceptors (Lipinski definition) is 3. The molecule has 0 saturated heterocycles. The van der Waals surface area contributed by atoms with Gasteiger partial charge in [-0.3, -0.25) is 14.5 Å². The molecule has 3 amide bonds. The van der Waals surface area contributed by atoms with Crippen LogP contribution in [0.5, 0.6) is 0 Å². The van der Waals surface area contributed by atoms with E-state index in [4.69, 9.17) is 0 Å². The molecule has 0 spiro atoms. The first kappa shape index (κ1) is 16.0. The van der Waals surface area contributed by atoms with Gasteiger partial charge in [-0.25, -0.2) is 4.79 Å². The summed E-state index contributed by atoms with van der Waals surface area (Å²) in [7, 11) is 0. The SMILES string of the molecule is CC(=O)N(CC1(C(=O)O)CC1)C(=O)NCc1ccc(C)cc1. The van der Waals surface area contributed by atoms with Crippen molar-refractivity contribution < 1.29 is 19.5 Å². The summed E-state index contributed by atoms with van der Waals surface area (Å²) in [6.07, 6.45) is 0.995. The Balaban J connectivity index is 1.97. The van der Waals surface area contributed by atoms with Crippen LogP contribution in [0.15, 0.2) is 24.3 Å². The van der Waals surface area contributed by atoms with Crippen molar-refractivity contribution in [1.82, 2.24) is 10.2 Å². The number of benzene rings is 1. The van der Waals surface area contributed by atoms with Gasteiger partial charge >= 0.3 is 12.0 Å². The summed E-state index contributed by atoms with van der Waals surface area (Å²) in [4.78, 5) is 36.0. The Morgan fingerprint density at radius 3 is 2.27 bits per heavy atom. The first-order valence-electron chi connectivity index (χ1n) is 7.19. The third-order valence-corrected chi connectivity index (χ3v) is 3.96. The van der Waals surface area contributed by atoms with E-state index in [0.29, 0.717) is 19.4 Å². The summed E-state index contributed by atoms with van der Waals surface area (Å²) < 4.78 is 0. The van der Waals surface area contributed by atoms with Gasteiger partial charge in [0.2, 0.25) is 5.91 Å². The number of aliphatic carboxylic acids is 1. The molecule has 0 aliphatic heterocycles. The topological polar surface area (TPSA) is 86.7 Å². The number of carbonyl (C=O) groups is 3. The maximum absolute atomic E-state index is 12.2. The van der Waals surface area contributed by atoms with Crippen LogP contribution in [0.25, 0.3) is 0 Å². The van der Waals surface area contributed by atoms with Crippen LogP contribution in [-0.4, -0.2) is 34.5 Å². The van der Waals surface area contributed by atoms with Crippen LogP contribution in [0.3, 0.4) is 0 Å². The second kappa shape index (κ2) is 6.17. The Morgan fingerprint density at radius 1 is 1.23 bits per heavy atom. The lowest BCUT2D eigenvalue weighted by Gasteiger charge is -2.23. The van der Waals surface area contributed by atoms with Crippen molar-refractivity contribution in [2.45, 2.75) is 33.2 Å². The van der Waals surface area contributed by atoms with E-state index >= 15 is 0 Å². The molecule has 1 saturated carbocycles. The monoisotopic (exact) mass is 304 g/mol. The Hall–Kier alpha value is -2.37. The van der Waals surface area contributed by atoms with Gasteiger partial charge in [0.25, 0.3) is 0 Å². The molecule has 1 aromatic rings. The second-order valence-corrected chi connectivity index (χ2v) is 5.83. The van der Waals surface area contributed by atoms with Gasteiger partial charge in [-0.2, -0.15) is 0 Å². The first-order chi connectivity index (χ1) is 10.3. The molecule has 1 fully saturated rings. The fourth-order valence-electron chi connectivity index (χ4n) is 2.20. The number of carboxylic acids is 1. The molecule has 0 heterocycles. The Bertz CT molecular complexity index is 591. The maximum atomic E-state index is 12.2. The first-order valence-corrected chi connectivity index (χ1v) is 7.19. The highest BCUT2D eigenvalue weighted by molar-refractivity contribution is 5.94. The largest absolute Gasteiger partial charge is 0.481 e. The lowest BCUT2D eigenvalue weighted by molar-refractivity contribution is -0.144. The van der Waals surface area contributed by atoms with Gasteiger partial charge in [0.15, 0.2) is 0 Å². The van der Waals surface area contributed by atoms with Crippen molar-refractivity contribution in [3.63, 3.8) is 0 Å². The van der Waals surface area contributed by atoms with Crippen LogP contribution in [-0.2, 0) is 16.1 Å². The molecular weight excluding hydrogens is 284 g/mol. The molecule has 1 aliphatic carbocycles. The van der Waals surface area contributed by atoms with Crippen LogP contribution in [0, 0.1) is 12.3 Å². The number of carbonyl (C=O) groups excluding carboxylic acids is 2. The van der Waals surface area contributed by atoms with Crippen molar-refractivity contribution in [2.24, 2.45) is 5.41 Å². The third-order valence-electron chi connectivity index (χ3n) is 3.96. The summed E-state index contributed by atoms with van der Waals surface area (Å²) in [5.74, 6) is -1.40. The van der Waals surface area contributed by atoms with Crippen molar-refractivity contribution in [3.05, 3.63) is 35.4 Å². The quantitative estimate of drug-likeness (QED) is 0.870. The highest BCUT2D eigenvalue weighted by atomic mass is 16.4. The average Bonchev–Trinajstić information content (AvgIpc) is 3.24. The van der Waals surface area contributed by atoms with E-state index in [1.807, 2.05) is 31.2 Å². The van der Waals surface area contributed by atoms with Crippen LogP contribution < -0.4 is 5.32 Å². The molecule has 118 valence electrons. The summed E-state index contributed by atoms with van der Waals surface area (Å²) in [6, 6.07) is 7.11. The van der Waals surface area contributed by atoms with Crippen molar-refractivity contribution in [1.29, 1.82) is 0 Å². The summed E-state index contributed by atoms with van der Waals surface area (Å²) in [6.45, 7) is 3.46. The second-order valence-electron chi connectivity index (χ2n) is 5.83. The molecule has 1 aliphatic rings. The van der Waals surface area contributed by atoms with Gasteiger partial charge in [0.05, 0.1) is 5.41 Å². The molecule has 0 bridgehead atoms. The van der Waals surface area contributed by atoms with E-state index in [-0.39, 0.29) is 6.54 Å².